The van der Waals surface area contributed by atoms with Crippen LogP contribution in [0.3, 0.4) is 0 Å². The first kappa shape index (κ1) is 16.2. The van der Waals surface area contributed by atoms with Gasteiger partial charge in [-0.2, -0.15) is 0 Å². The maximum absolute atomic E-state index is 13.1. The van der Waals surface area contributed by atoms with Gasteiger partial charge in [-0.3, -0.25) is 9.69 Å². The molecule has 1 saturated heterocycles. The van der Waals surface area contributed by atoms with Gasteiger partial charge in [0.1, 0.15) is 5.82 Å². The monoisotopic (exact) mass is 314 g/mol. The number of rotatable bonds is 4. The summed E-state index contributed by atoms with van der Waals surface area (Å²) in [6, 6.07) is 4.13. The average molecular weight is 315 g/mol. The fourth-order valence-corrected chi connectivity index (χ4v) is 2.79. The summed E-state index contributed by atoms with van der Waals surface area (Å²) in [4.78, 5) is 14.1. The predicted molar refractivity (Wildman–Crippen MR) is 81.0 cm³/mol. The van der Waals surface area contributed by atoms with Gasteiger partial charge in [0.25, 0.3) is 0 Å². The predicted octanol–water partition coefficient (Wildman–Crippen LogP) is 2.65. The lowest BCUT2D eigenvalue weighted by Gasteiger charge is -2.27. The zero-order valence-corrected chi connectivity index (χ0v) is 12.6. The molecule has 1 unspecified atom stereocenters. The maximum atomic E-state index is 13.1. The van der Waals surface area contributed by atoms with Crippen molar-refractivity contribution < 1.29 is 14.3 Å². The molecule has 1 atom stereocenters. The molecule has 1 aromatic rings. The third kappa shape index (κ3) is 4.66. The van der Waals surface area contributed by atoms with Crippen molar-refractivity contribution in [3.63, 3.8) is 0 Å². The summed E-state index contributed by atoms with van der Waals surface area (Å²) < 4.78 is 13.1. The molecule has 21 heavy (non-hydrogen) atoms. The second kappa shape index (κ2) is 7.73. The van der Waals surface area contributed by atoms with Crippen LogP contribution in [0.2, 0.25) is 5.02 Å². The number of carbonyl (C=O) groups is 1. The highest BCUT2D eigenvalue weighted by Gasteiger charge is 2.22. The summed E-state index contributed by atoms with van der Waals surface area (Å²) in [5.74, 6) is -0.694. The number of likely N-dealkylation sites (tertiary alicyclic amines) is 1. The summed E-state index contributed by atoms with van der Waals surface area (Å²) in [5, 5.41) is 12.1. The quantitative estimate of drug-likeness (QED) is 0.898. The van der Waals surface area contributed by atoms with Crippen LogP contribution in [0.15, 0.2) is 18.2 Å². The second-order valence-electron chi connectivity index (χ2n) is 5.33. The van der Waals surface area contributed by atoms with Crippen molar-refractivity contribution in [3.05, 3.63) is 29.0 Å². The van der Waals surface area contributed by atoms with E-state index >= 15 is 0 Å². The van der Waals surface area contributed by atoms with Crippen LogP contribution in [-0.4, -0.2) is 41.7 Å². The molecule has 0 saturated carbocycles. The molecule has 1 amide bonds. The molecule has 0 radical (unpaired) electrons. The maximum Gasteiger partial charge on any atom is 0.238 e. The highest BCUT2D eigenvalue weighted by atomic mass is 35.5. The molecular formula is C15H20ClFN2O2. The molecule has 1 fully saturated rings. The van der Waals surface area contributed by atoms with Gasteiger partial charge in [0.2, 0.25) is 5.91 Å². The van der Waals surface area contributed by atoms with Gasteiger partial charge in [0.05, 0.1) is 18.2 Å². The van der Waals surface area contributed by atoms with Crippen molar-refractivity contribution >= 4 is 23.2 Å². The van der Waals surface area contributed by atoms with E-state index in [0.717, 1.165) is 32.2 Å². The molecule has 1 heterocycles. The Labute approximate surface area is 128 Å². The molecule has 0 bridgehead atoms. The minimum Gasteiger partial charge on any atom is -0.395 e. The van der Waals surface area contributed by atoms with Gasteiger partial charge < -0.3 is 10.4 Å². The number of aliphatic hydroxyl groups is 1. The number of benzene rings is 1. The Morgan fingerprint density at radius 3 is 2.95 bits per heavy atom. The van der Waals surface area contributed by atoms with Gasteiger partial charge in [-0.05, 0) is 37.6 Å². The first-order valence-electron chi connectivity index (χ1n) is 7.20. The highest BCUT2D eigenvalue weighted by Crippen LogP contribution is 2.20. The van der Waals surface area contributed by atoms with Crippen LogP contribution >= 0.6 is 11.6 Å². The van der Waals surface area contributed by atoms with Crippen LogP contribution in [0.25, 0.3) is 0 Å². The lowest BCUT2D eigenvalue weighted by molar-refractivity contribution is -0.118. The Bertz CT molecular complexity index is 499. The Morgan fingerprint density at radius 1 is 1.43 bits per heavy atom. The number of amides is 1. The van der Waals surface area contributed by atoms with Gasteiger partial charge in [-0.25, -0.2) is 4.39 Å². The zero-order chi connectivity index (χ0) is 15.2. The van der Waals surface area contributed by atoms with Crippen molar-refractivity contribution in [1.82, 2.24) is 4.90 Å². The fourth-order valence-electron chi connectivity index (χ4n) is 2.61. The summed E-state index contributed by atoms with van der Waals surface area (Å²) >= 11 is 5.69. The van der Waals surface area contributed by atoms with E-state index in [2.05, 4.69) is 5.32 Å². The lowest BCUT2D eigenvalue weighted by Crippen LogP contribution is -2.42. The molecule has 1 aliphatic heterocycles. The van der Waals surface area contributed by atoms with E-state index in [1.165, 1.54) is 18.2 Å². The van der Waals surface area contributed by atoms with E-state index in [4.69, 9.17) is 11.6 Å². The van der Waals surface area contributed by atoms with Crippen LogP contribution in [0, 0.1) is 5.82 Å². The largest absolute Gasteiger partial charge is 0.395 e. The fraction of sp³-hybridized carbons (Fsp3) is 0.533. The summed E-state index contributed by atoms with van der Waals surface area (Å²) in [5.41, 5.74) is 0.474. The number of hydrogen-bond donors (Lipinski definition) is 2. The minimum atomic E-state index is -0.512. The highest BCUT2D eigenvalue weighted by molar-refractivity contribution is 6.31. The average Bonchev–Trinajstić information content (AvgIpc) is 2.68. The van der Waals surface area contributed by atoms with E-state index in [0.29, 0.717) is 5.69 Å². The van der Waals surface area contributed by atoms with Crippen LogP contribution in [0.1, 0.15) is 25.7 Å². The topological polar surface area (TPSA) is 52.6 Å². The number of carbonyl (C=O) groups excluding carboxylic acids is 1. The Morgan fingerprint density at radius 2 is 2.24 bits per heavy atom. The van der Waals surface area contributed by atoms with Crippen LogP contribution in [0.5, 0.6) is 0 Å². The summed E-state index contributed by atoms with van der Waals surface area (Å²) in [6.07, 6.45) is 4.15. The van der Waals surface area contributed by atoms with E-state index < -0.39 is 5.82 Å². The Balaban J connectivity index is 1.94. The molecule has 4 nitrogen and oxygen atoms in total. The van der Waals surface area contributed by atoms with E-state index in [9.17, 15) is 14.3 Å². The van der Waals surface area contributed by atoms with Gasteiger partial charge >= 0.3 is 0 Å². The number of nitrogens with zero attached hydrogens (tertiary/aromatic N) is 1. The van der Waals surface area contributed by atoms with Crippen molar-refractivity contribution in [2.45, 2.75) is 31.7 Å². The number of halogens is 2. The Kier molecular flexibility index (Phi) is 5.96. The van der Waals surface area contributed by atoms with E-state index in [1.54, 1.807) is 0 Å². The summed E-state index contributed by atoms with van der Waals surface area (Å²) in [6.45, 7) is 1.10. The van der Waals surface area contributed by atoms with E-state index in [1.807, 2.05) is 4.90 Å². The van der Waals surface area contributed by atoms with Crippen LogP contribution in [-0.2, 0) is 4.79 Å². The van der Waals surface area contributed by atoms with E-state index in [-0.39, 0.29) is 30.1 Å². The number of nitrogens with one attached hydrogen (secondary N) is 1. The molecular weight excluding hydrogens is 295 g/mol. The number of hydrogen-bond acceptors (Lipinski definition) is 3. The zero-order valence-electron chi connectivity index (χ0n) is 11.8. The van der Waals surface area contributed by atoms with Crippen molar-refractivity contribution in [2.75, 3.05) is 25.0 Å². The van der Waals surface area contributed by atoms with Gasteiger partial charge in [0.15, 0.2) is 0 Å². The molecule has 1 aliphatic rings. The van der Waals surface area contributed by atoms with Gasteiger partial charge in [-0.1, -0.05) is 24.4 Å². The molecule has 2 N–H and O–H groups in total. The molecule has 0 spiro atoms. The van der Waals surface area contributed by atoms with Crippen molar-refractivity contribution in [2.24, 2.45) is 0 Å². The van der Waals surface area contributed by atoms with Gasteiger partial charge in [-0.15, -0.1) is 0 Å². The Hall–Kier alpha value is -1.17. The molecule has 6 heteroatoms. The SMILES string of the molecule is O=C(CN1CCCCCC1CO)Nc1ccc(F)c(Cl)c1. The van der Waals surface area contributed by atoms with Crippen molar-refractivity contribution in [1.29, 1.82) is 0 Å². The number of aliphatic hydroxyl groups excluding tert-OH is 1. The minimum absolute atomic E-state index is 0.0178. The summed E-state index contributed by atoms with van der Waals surface area (Å²) in [7, 11) is 0. The van der Waals surface area contributed by atoms with Crippen LogP contribution < -0.4 is 5.32 Å². The van der Waals surface area contributed by atoms with Crippen LogP contribution in [0.4, 0.5) is 10.1 Å². The second-order valence-corrected chi connectivity index (χ2v) is 5.74. The smallest absolute Gasteiger partial charge is 0.238 e. The standard InChI is InChI=1S/C15H20ClFN2O2/c16-13-8-11(5-6-14(13)17)18-15(21)9-19-7-3-1-2-4-12(19)10-20/h5-6,8,12,20H,1-4,7,9-10H2,(H,18,21). The van der Waals surface area contributed by atoms with Crippen molar-refractivity contribution in [3.8, 4) is 0 Å². The normalized spacial score (nSPS) is 20.0. The van der Waals surface area contributed by atoms with Gasteiger partial charge in [0, 0.05) is 11.7 Å². The molecule has 1 aromatic carbocycles. The first-order chi connectivity index (χ1) is 10.1. The lowest BCUT2D eigenvalue weighted by atomic mass is 10.1. The molecule has 116 valence electrons. The molecule has 0 aromatic heterocycles. The number of anilines is 1. The molecule has 2 rings (SSSR count). The third-order valence-electron chi connectivity index (χ3n) is 3.76. The first-order valence-corrected chi connectivity index (χ1v) is 7.58. The third-order valence-corrected chi connectivity index (χ3v) is 4.05. The molecule has 0 aliphatic carbocycles.